The number of ether oxygens (including phenoxy) is 2. The van der Waals surface area contributed by atoms with Crippen molar-refractivity contribution in [3.63, 3.8) is 0 Å². The second kappa shape index (κ2) is 13.5. The van der Waals surface area contributed by atoms with Gasteiger partial charge in [-0.2, -0.15) is 4.31 Å². The Bertz CT molecular complexity index is 1610. The molecule has 2 N–H and O–H groups in total. The van der Waals surface area contributed by atoms with Crippen LogP contribution < -0.4 is 15.4 Å². The van der Waals surface area contributed by atoms with Gasteiger partial charge in [-0.25, -0.2) is 13.2 Å². The molecule has 0 aromatic heterocycles. The first-order valence-electron chi connectivity index (χ1n) is 14.0. The maximum absolute atomic E-state index is 13.1. The molecule has 0 aliphatic carbocycles. The number of carbonyl (C=O) groups excluding carboxylic acids is 2. The number of alkyl halides is 3. The van der Waals surface area contributed by atoms with Gasteiger partial charge in [0.2, 0.25) is 10.0 Å². The van der Waals surface area contributed by atoms with Crippen molar-refractivity contribution in [1.82, 2.24) is 9.21 Å². The average molecular weight is 649 g/mol. The van der Waals surface area contributed by atoms with E-state index in [0.29, 0.717) is 44.0 Å². The van der Waals surface area contributed by atoms with Crippen LogP contribution in [0.25, 0.3) is 11.1 Å². The first-order valence-corrected chi connectivity index (χ1v) is 15.9. The number of nitrogens with one attached hydrogen (secondary N) is 2. The Hall–Kier alpha value is -4.14. The lowest BCUT2D eigenvalue weighted by Crippen LogP contribution is -2.47. The molecule has 45 heavy (non-hydrogen) atoms. The molecular weight excluding hydrogens is 613 g/mol. The van der Waals surface area contributed by atoms with E-state index in [1.54, 1.807) is 32.9 Å². The largest absolute Gasteiger partial charge is 0.573 e. The van der Waals surface area contributed by atoms with Crippen LogP contribution in [-0.2, 0) is 21.3 Å². The maximum Gasteiger partial charge on any atom is 0.573 e. The third kappa shape index (κ3) is 10.2. The molecule has 0 atom stereocenters. The molecule has 14 heteroatoms. The molecule has 0 spiro atoms. The van der Waals surface area contributed by atoms with E-state index in [9.17, 15) is 31.2 Å². The van der Waals surface area contributed by atoms with E-state index in [-0.39, 0.29) is 16.8 Å². The lowest BCUT2D eigenvalue weighted by molar-refractivity contribution is -0.274. The number of nitrogens with zero attached hydrogens (tertiary/aromatic N) is 2. The summed E-state index contributed by atoms with van der Waals surface area (Å²) in [5, 5.41) is 5.30. The van der Waals surface area contributed by atoms with Crippen molar-refractivity contribution in [3.05, 3.63) is 77.9 Å². The summed E-state index contributed by atoms with van der Waals surface area (Å²) in [7, 11) is -3.20. The van der Waals surface area contributed by atoms with Gasteiger partial charge >= 0.3 is 12.5 Å². The van der Waals surface area contributed by atoms with E-state index in [1.165, 1.54) is 47.0 Å². The van der Waals surface area contributed by atoms with Gasteiger partial charge in [-0.1, -0.05) is 24.3 Å². The maximum atomic E-state index is 13.1. The van der Waals surface area contributed by atoms with Crippen molar-refractivity contribution >= 4 is 33.4 Å². The van der Waals surface area contributed by atoms with Gasteiger partial charge < -0.3 is 14.8 Å². The van der Waals surface area contributed by atoms with Gasteiger partial charge in [0.1, 0.15) is 11.4 Å². The summed E-state index contributed by atoms with van der Waals surface area (Å²) in [6, 6.07) is 16.9. The van der Waals surface area contributed by atoms with E-state index in [4.69, 9.17) is 4.74 Å². The monoisotopic (exact) mass is 648 g/mol. The summed E-state index contributed by atoms with van der Waals surface area (Å²) in [4.78, 5) is 27.3. The fourth-order valence-corrected chi connectivity index (χ4v) is 5.47. The molecule has 0 saturated carbocycles. The van der Waals surface area contributed by atoms with Crippen LogP contribution in [0.3, 0.4) is 0 Å². The van der Waals surface area contributed by atoms with E-state index in [0.717, 1.165) is 11.6 Å². The third-order valence-corrected chi connectivity index (χ3v) is 8.03. The Balaban J connectivity index is 1.42. The van der Waals surface area contributed by atoms with Crippen LogP contribution in [0.5, 0.6) is 5.75 Å². The minimum absolute atomic E-state index is 0.0427. The molecule has 0 bridgehead atoms. The van der Waals surface area contributed by atoms with Crippen molar-refractivity contribution in [2.45, 2.75) is 39.3 Å². The van der Waals surface area contributed by atoms with Gasteiger partial charge in [0.05, 0.1) is 6.26 Å². The SMILES string of the molecule is CC(C)(C)OC(=O)Nc1ccc(OC(F)(F)F)c(-c2ccc(C(=O)Nc3ccc(CN4CCN(S(C)(=O)=O)CC4)cc3)cc2)c1. The number of hydrogen-bond donors (Lipinski definition) is 2. The fraction of sp³-hybridized carbons (Fsp3) is 0.355. The zero-order valence-electron chi connectivity index (χ0n) is 25.3. The highest BCUT2D eigenvalue weighted by Gasteiger charge is 2.32. The molecule has 2 amide bonds. The number of benzene rings is 3. The highest BCUT2D eigenvalue weighted by Crippen LogP contribution is 2.36. The topological polar surface area (TPSA) is 117 Å². The zero-order valence-corrected chi connectivity index (χ0v) is 26.1. The Labute approximate surface area is 260 Å². The fourth-order valence-electron chi connectivity index (χ4n) is 4.64. The van der Waals surface area contributed by atoms with Gasteiger partial charge in [0.15, 0.2) is 0 Å². The third-order valence-electron chi connectivity index (χ3n) is 6.73. The molecule has 0 unspecified atom stereocenters. The van der Waals surface area contributed by atoms with E-state index < -0.39 is 39.7 Å². The van der Waals surface area contributed by atoms with Crippen LogP contribution >= 0.6 is 0 Å². The van der Waals surface area contributed by atoms with Crippen molar-refractivity contribution in [1.29, 1.82) is 0 Å². The van der Waals surface area contributed by atoms with Gasteiger partial charge in [-0.3, -0.25) is 15.0 Å². The summed E-state index contributed by atoms with van der Waals surface area (Å²) in [5.41, 5.74) is 1.61. The number of sulfonamides is 1. The molecular formula is C31H35F3N4O6S. The number of carbonyl (C=O) groups is 2. The smallest absolute Gasteiger partial charge is 0.444 e. The molecule has 242 valence electrons. The molecule has 3 aromatic rings. The Morgan fingerprint density at radius 2 is 1.44 bits per heavy atom. The van der Waals surface area contributed by atoms with Crippen LogP contribution in [0.15, 0.2) is 66.7 Å². The van der Waals surface area contributed by atoms with Crippen molar-refractivity contribution in [3.8, 4) is 16.9 Å². The highest BCUT2D eigenvalue weighted by atomic mass is 32.2. The minimum atomic E-state index is -4.95. The predicted molar refractivity (Wildman–Crippen MR) is 165 cm³/mol. The average Bonchev–Trinajstić information content (AvgIpc) is 2.93. The number of amides is 2. The molecule has 0 radical (unpaired) electrons. The van der Waals surface area contributed by atoms with Crippen LogP contribution in [0, 0.1) is 0 Å². The molecule has 1 saturated heterocycles. The normalized spacial score (nSPS) is 14.9. The molecule has 3 aromatic carbocycles. The molecule has 1 aliphatic heterocycles. The predicted octanol–water partition coefficient (Wildman–Crippen LogP) is 5.93. The Morgan fingerprint density at radius 1 is 0.844 bits per heavy atom. The summed E-state index contributed by atoms with van der Waals surface area (Å²) < 4.78 is 73.7. The van der Waals surface area contributed by atoms with E-state index in [2.05, 4.69) is 20.3 Å². The lowest BCUT2D eigenvalue weighted by atomic mass is 10.0. The number of hydrogen-bond acceptors (Lipinski definition) is 7. The van der Waals surface area contributed by atoms with Gasteiger partial charge in [0, 0.05) is 55.2 Å². The highest BCUT2D eigenvalue weighted by molar-refractivity contribution is 7.88. The summed E-state index contributed by atoms with van der Waals surface area (Å²) >= 11 is 0. The first kappa shape index (κ1) is 33.7. The first-order chi connectivity index (χ1) is 20.9. The molecule has 10 nitrogen and oxygen atoms in total. The number of rotatable bonds is 8. The van der Waals surface area contributed by atoms with E-state index >= 15 is 0 Å². The van der Waals surface area contributed by atoms with Crippen LogP contribution in [0.4, 0.5) is 29.3 Å². The number of halogens is 3. The second-order valence-corrected chi connectivity index (χ2v) is 13.5. The van der Waals surface area contributed by atoms with Crippen molar-refractivity contribution in [2.75, 3.05) is 43.1 Å². The minimum Gasteiger partial charge on any atom is -0.444 e. The van der Waals surface area contributed by atoms with Crippen LogP contribution in [0.1, 0.15) is 36.7 Å². The quantitative estimate of drug-likeness (QED) is 0.311. The molecule has 1 aliphatic rings. The van der Waals surface area contributed by atoms with Crippen molar-refractivity contribution < 1.29 is 40.7 Å². The van der Waals surface area contributed by atoms with Crippen molar-refractivity contribution in [2.24, 2.45) is 0 Å². The summed E-state index contributed by atoms with van der Waals surface area (Å²) in [6.07, 6.45) is -4.51. The molecule has 1 fully saturated rings. The van der Waals surface area contributed by atoms with Gasteiger partial charge in [-0.05, 0) is 74.4 Å². The Morgan fingerprint density at radius 3 is 2.00 bits per heavy atom. The van der Waals surface area contributed by atoms with Gasteiger partial charge in [-0.15, -0.1) is 13.2 Å². The van der Waals surface area contributed by atoms with Crippen LogP contribution in [-0.4, -0.2) is 74.0 Å². The second-order valence-electron chi connectivity index (χ2n) is 11.6. The number of piperazine rings is 1. The summed E-state index contributed by atoms with van der Waals surface area (Å²) in [5.74, 6) is -0.898. The van der Waals surface area contributed by atoms with Crippen LogP contribution in [0.2, 0.25) is 0 Å². The number of anilines is 2. The Kier molecular flexibility index (Phi) is 10.1. The molecule has 4 rings (SSSR count). The zero-order chi connectivity index (χ0) is 33.0. The standard InChI is InChI=1S/C31H35F3N4O6S/c1-30(2,3)44-29(40)36-25-13-14-27(43-31(32,33)34)26(19-25)22-7-9-23(10-8-22)28(39)35-24-11-5-21(6-12-24)20-37-15-17-38(18-16-37)45(4,41)42/h5-14,19H,15-18,20H2,1-4H3,(H,35,39)(H,36,40). The molecule has 1 heterocycles. The summed E-state index contributed by atoms with van der Waals surface area (Å²) in [6.45, 7) is 7.81. The van der Waals surface area contributed by atoms with E-state index in [1.807, 2.05) is 12.1 Å². The van der Waals surface area contributed by atoms with Gasteiger partial charge in [0.25, 0.3) is 5.91 Å². The lowest BCUT2D eigenvalue weighted by Gasteiger charge is -2.33.